The molecule has 0 unspecified atom stereocenters. The highest BCUT2D eigenvalue weighted by Gasteiger charge is 2.17. The van der Waals surface area contributed by atoms with Crippen molar-refractivity contribution in [1.29, 1.82) is 0 Å². The van der Waals surface area contributed by atoms with Gasteiger partial charge in [-0.15, -0.1) is 0 Å². The van der Waals surface area contributed by atoms with Gasteiger partial charge in [0, 0.05) is 31.0 Å². The van der Waals surface area contributed by atoms with Crippen LogP contribution in [-0.2, 0) is 7.05 Å². The van der Waals surface area contributed by atoms with Crippen molar-refractivity contribution in [1.82, 2.24) is 19.9 Å². The van der Waals surface area contributed by atoms with Crippen molar-refractivity contribution in [3.8, 4) is 0 Å². The predicted octanol–water partition coefficient (Wildman–Crippen LogP) is 2.46. The first-order valence-electron chi connectivity index (χ1n) is 6.78. The van der Waals surface area contributed by atoms with Gasteiger partial charge in [-0.25, -0.2) is 4.98 Å². The van der Waals surface area contributed by atoms with Crippen LogP contribution in [0.1, 0.15) is 29.0 Å². The van der Waals surface area contributed by atoms with Gasteiger partial charge in [-0.3, -0.25) is 9.78 Å². The van der Waals surface area contributed by atoms with Crippen LogP contribution in [-0.4, -0.2) is 20.4 Å². The highest BCUT2D eigenvalue weighted by atomic mass is 16.1. The molecule has 3 aromatic rings. The molecule has 1 amide bonds. The maximum Gasteiger partial charge on any atom is 0.254 e. The van der Waals surface area contributed by atoms with Gasteiger partial charge >= 0.3 is 0 Å². The van der Waals surface area contributed by atoms with Gasteiger partial charge in [0.25, 0.3) is 5.91 Å². The normalized spacial score (nSPS) is 12.3. The summed E-state index contributed by atoms with van der Waals surface area (Å²) < 4.78 is 1.86. The number of carbonyl (C=O) groups excluding carboxylic acids is 1. The minimum atomic E-state index is -0.148. The molecular formula is C16H16N4O. The van der Waals surface area contributed by atoms with Crippen LogP contribution in [0.25, 0.3) is 11.0 Å². The van der Waals surface area contributed by atoms with Crippen molar-refractivity contribution in [2.75, 3.05) is 0 Å². The standard InChI is InChI=1S/C16H16N4O/c1-11(14-7-3-4-8-17-14)19-16(21)13-10-20(2)15-12(13)6-5-9-18-15/h3-11H,1-2H3,(H,19,21)/t11-/m0/s1. The van der Waals surface area contributed by atoms with E-state index >= 15 is 0 Å². The monoisotopic (exact) mass is 280 g/mol. The van der Waals surface area contributed by atoms with Crippen LogP contribution >= 0.6 is 0 Å². The third-order valence-corrected chi connectivity index (χ3v) is 3.46. The zero-order valence-electron chi connectivity index (χ0n) is 11.9. The Bertz CT molecular complexity index is 779. The highest BCUT2D eigenvalue weighted by molar-refractivity contribution is 6.06. The first-order chi connectivity index (χ1) is 10.2. The van der Waals surface area contributed by atoms with Crippen molar-refractivity contribution < 1.29 is 4.79 Å². The lowest BCUT2D eigenvalue weighted by atomic mass is 10.1. The summed E-state index contributed by atoms with van der Waals surface area (Å²) >= 11 is 0. The van der Waals surface area contributed by atoms with E-state index in [1.807, 2.05) is 48.9 Å². The number of carbonyl (C=O) groups is 1. The van der Waals surface area contributed by atoms with E-state index < -0.39 is 0 Å². The Hall–Kier alpha value is -2.69. The summed E-state index contributed by atoms with van der Waals surface area (Å²) in [6.07, 6.45) is 5.25. The summed E-state index contributed by atoms with van der Waals surface area (Å²) in [5.41, 5.74) is 2.26. The fourth-order valence-electron chi connectivity index (χ4n) is 2.37. The lowest BCUT2D eigenvalue weighted by Crippen LogP contribution is -2.27. The zero-order chi connectivity index (χ0) is 14.8. The number of aromatic nitrogens is 3. The molecule has 0 bridgehead atoms. The molecule has 1 N–H and O–H groups in total. The average Bonchev–Trinajstić information content (AvgIpc) is 2.86. The van der Waals surface area contributed by atoms with Gasteiger partial charge in [0.2, 0.25) is 0 Å². The van der Waals surface area contributed by atoms with Crippen molar-refractivity contribution in [2.45, 2.75) is 13.0 Å². The van der Waals surface area contributed by atoms with Crippen LogP contribution in [0.4, 0.5) is 0 Å². The summed E-state index contributed by atoms with van der Waals surface area (Å²) in [5, 5.41) is 3.83. The largest absolute Gasteiger partial charge is 0.344 e. The van der Waals surface area contributed by atoms with Crippen LogP contribution in [0.5, 0.6) is 0 Å². The molecule has 0 spiro atoms. The Morgan fingerprint density at radius 1 is 1.19 bits per heavy atom. The summed E-state index contributed by atoms with van der Waals surface area (Å²) in [6.45, 7) is 1.92. The SMILES string of the molecule is C[C@H](NC(=O)c1cn(C)c2ncccc12)c1ccccn1. The number of rotatable bonds is 3. The van der Waals surface area contributed by atoms with Gasteiger partial charge < -0.3 is 9.88 Å². The quantitative estimate of drug-likeness (QED) is 0.801. The zero-order valence-corrected chi connectivity index (χ0v) is 11.9. The molecular weight excluding hydrogens is 264 g/mol. The molecule has 0 radical (unpaired) electrons. The fraction of sp³-hybridized carbons (Fsp3) is 0.188. The Balaban J connectivity index is 1.88. The molecule has 3 rings (SSSR count). The van der Waals surface area contributed by atoms with Crippen LogP contribution < -0.4 is 5.32 Å². The molecule has 1 atom stereocenters. The molecule has 21 heavy (non-hydrogen) atoms. The van der Waals surface area contributed by atoms with Gasteiger partial charge in [0.1, 0.15) is 5.65 Å². The number of nitrogens with one attached hydrogen (secondary N) is 1. The second-order valence-corrected chi connectivity index (χ2v) is 4.98. The second-order valence-electron chi connectivity index (χ2n) is 4.98. The van der Waals surface area contributed by atoms with E-state index in [0.717, 1.165) is 16.7 Å². The second kappa shape index (κ2) is 5.36. The molecule has 0 aliphatic carbocycles. The van der Waals surface area contributed by atoms with E-state index in [9.17, 15) is 4.79 Å². The van der Waals surface area contributed by atoms with Gasteiger partial charge in [-0.1, -0.05) is 6.07 Å². The third-order valence-electron chi connectivity index (χ3n) is 3.46. The van der Waals surface area contributed by atoms with Crippen LogP contribution in [0.2, 0.25) is 0 Å². The summed E-state index contributed by atoms with van der Waals surface area (Å²) in [6, 6.07) is 9.26. The average molecular weight is 280 g/mol. The van der Waals surface area contributed by atoms with Crippen molar-refractivity contribution in [2.24, 2.45) is 7.05 Å². The summed E-state index contributed by atoms with van der Waals surface area (Å²) in [4.78, 5) is 21.0. The van der Waals surface area contributed by atoms with E-state index in [-0.39, 0.29) is 11.9 Å². The topological polar surface area (TPSA) is 59.8 Å². The lowest BCUT2D eigenvalue weighted by Gasteiger charge is -2.12. The van der Waals surface area contributed by atoms with E-state index in [4.69, 9.17) is 0 Å². The summed E-state index contributed by atoms with van der Waals surface area (Å²) in [7, 11) is 1.88. The molecule has 0 saturated heterocycles. The van der Waals surface area contributed by atoms with Crippen LogP contribution in [0.3, 0.4) is 0 Å². The first-order valence-corrected chi connectivity index (χ1v) is 6.78. The maximum absolute atomic E-state index is 12.5. The van der Waals surface area contributed by atoms with Crippen LogP contribution in [0, 0.1) is 0 Å². The Morgan fingerprint density at radius 3 is 2.76 bits per heavy atom. The van der Waals surface area contributed by atoms with Crippen molar-refractivity contribution in [3.05, 3.63) is 60.2 Å². The molecule has 5 nitrogen and oxygen atoms in total. The maximum atomic E-state index is 12.5. The fourth-order valence-corrected chi connectivity index (χ4v) is 2.37. The number of aryl methyl sites for hydroxylation is 1. The number of pyridine rings is 2. The van der Waals surface area contributed by atoms with Crippen molar-refractivity contribution in [3.63, 3.8) is 0 Å². The lowest BCUT2D eigenvalue weighted by molar-refractivity contribution is 0.0940. The number of nitrogens with zero attached hydrogens (tertiary/aromatic N) is 3. The minimum Gasteiger partial charge on any atom is -0.344 e. The van der Waals surface area contributed by atoms with E-state index in [1.165, 1.54) is 0 Å². The molecule has 0 saturated carbocycles. The minimum absolute atomic E-state index is 0.119. The molecule has 3 aromatic heterocycles. The number of hydrogen-bond acceptors (Lipinski definition) is 3. The molecule has 0 aliphatic heterocycles. The molecule has 5 heteroatoms. The molecule has 106 valence electrons. The van der Waals surface area contributed by atoms with Crippen LogP contribution in [0.15, 0.2) is 48.9 Å². The van der Waals surface area contributed by atoms with E-state index in [2.05, 4.69) is 15.3 Å². The predicted molar refractivity (Wildman–Crippen MR) is 80.8 cm³/mol. The van der Waals surface area contributed by atoms with E-state index in [0.29, 0.717) is 5.56 Å². The molecule has 3 heterocycles. The van der Waals surface area contributed by atoms with Gasteiger partial charge in [-0.2, -0.15) is 0 Å². The third kappa shape index (κ3) is 2.50. The van der Waals surface area contributed by atoms with Gasteiger partial charge in [0.15, 0.2) is 0 Å². The number of fused-ring (bicyclic) bond motifs is 1. The first kappa shape index (κ1) is 13.3. The van der Waals surface area contributed by atoms with Crippen molar-refractivity contribution >= 4 is 16.9 Å². The Kier molecular flexibility index (Phi) is 3.39. The smallest absolute Gasteiger partial charge is 0.254 e. The van der Waals surface area contributed by atoms with Gasteiger partial charge in [-0.05, 0) is 31.2 Å². The number of hydrogen-bond donors (Lipinski definition) is 1. The van der Waals surface area contributed by atoms with E-state index in [1.54, 1.807) is 18.6 Å². The Morgan fingerprint density at radius 2 is 2.00 bits per heavy atom. The Labute approximate surface area is 122 Å². The molecule has 0 fully saturated rings. The molecule has 0 aromatic carbocycles. The highest BCUT2D eigenvalue weighted by Crippen LogP contribution is 2.19. The summed E-state index contributed by atoms with van der Waals surface area (Å²) in [5.74, 6) is -0.119. The molecule has 0 aliphatic rings. The number of amides is 1. The van der Waals surface area contributed by atoms with Gasteiger partial charge in [0.05, 0.1) is 17.3 Å².